The molecule has 2 rings (SSSR count). The molecule has 0 aliphatic carbocycles. The van der Waals surface area contributed by atoms with Gasteiger partial charge in [-0.2, -0.15) is 5.10 Å². The van der Waals surface area contributed by atoms with Gasteiger partial charge in [-0.1, -0.05) is 18.2 Å². The van der Waals surface area contributed by atoms with Crippen LogP contribution in [0.1, 0.15) is 21.0 Å². The summed E-state index contributed by atoms with van der Waals surface area (Å²) in [6.07, 6.45) is 1.20. The summed E-state index contributed by atoms with van der Waals surface area (Å²) < 4.78 is 0. The van der Waals surface area contributed by atoms with Crippen LogP contribution < -0.4 is 10.9 Å². The number of benzene rings is 1. The summed E-state index contributed by atoms with van der Waals surface area (Å²) in [6, 6.07) is 8.52. The number of aromatic amines is 1. The van der Waals surface area contributed by atoms with Crippen molar-refractivity contribution in [1.29, 1.82) is 0 Å². The molecule has 17 heavy (non-hydrogen) atoms. The largest absolute Gasteiger partial charge is 0.306 e. The number of hydrogen-bond donors (Lipinski definition) is 3. The lowest BCUT2D eigenvalue weighted by atomic mass is 10.2. The summed E-state index contributed by atoms with van der Waals surface area (Å²) in [5.74, 6) is -0.941. The highest BCUT2D eigenvalue weighted by Crippen LogP contribution is 1.96. The molecule has 0 saturated carbocycles. The molecule has 2 aromatic rings. The minimum atomic E-state index is -0.563. The monoisotopic (exact) mass is 231 g/mol. The lowest BCUT2D eigenvalue weighted by molar-refractivity contribution is 0.0841. The molecule has 7 heteroatoms. The molecule has 0 fully saturated rings. The summed E-state index contributed by atoms with van der Waals surface area (Å²) >= 11 is 0. The zero-order chi connectivity index (χ0) is 12.1. The van der Waals surface area contributed by atoms with Gasteiger partial charge < -0.3 is 0 Å². The van der Waals surface area contributed by atoms with Crippen molar-refractivity contribution in [3.05, 3.63) is 48.0 Å². The number of carbonyl (C=O) groups excluding carboxylic acids is 2. The third kappa shape index (κ3) is 2.65. The van der Waals surface area contributed by atoms with Gasteiger partial charge in [-0.15, -0.1) is 0 Å². The third-order valence-corrected chi connectivity index (χ3v) is 1.96. The van der Waals surface area contributed by atoms with Crippen molar-refractivity contribution in [2.45, 2.75) is 0 Å². The maximum Gasteiger partial charge on any atom is 0.306 e. The van der Waals surface area contributed by atoms with Gasteiger partial charge in [0, 0.05) is 5.56 Å². The summed E-state index contributed by atoms with van der Waals surface area (Å²) in [6.45, 7) is 0. The van der Waals surface area contributed by atoms with Gasteiger partial charge in [0.25, 0.3) is 5.91 Å². The first kappa shape index (κ1) is 10.8. The number of amides is 2. The zero-order valence-electron chi connectivity index (χ0n) is 8.68. The predicted molar refractivity (Wildman–Crippen MR) is 57.8 cm³/mol. The summed E-state index contributed by atoms with van der Waals surface area (Å²) in [5, 5.41) is 5.89. The van der Waals surface area contributed by atoms with Gasteiger partial charge in [0.05, 0.1) is 0 Å². The van der Waals surface area contributed by atoms with Crippen molar-refractivity contribution in [1.82, 2.24) is 26.0 Å². The molecule has 0 bridgehead atoms. The van der Waals surface area contributed by atoms with Gasteiger partial charge in [-0.25, -0.2) is 4.98 Å². The number of nitrogens with one attached hydrogen (secondary N) is 3. The van der Waals surface area contributed by atoms with E-state index >= 15 is 0 Å². The minimum absolute atomic E-state index is 0.0263. The van der Waals surface area contributed by atoms with E-state index in [1.807, 2.05) is 0 Å². The number of rotatable bonds is 2. The van der Waals surface area contributed by atoms with Crippen molar-refractivity contribution in [2.24, 2.45) is 0 Å². The Morgan fingerprint density at radius 2 is 1.76 bits per heavy atom. The highest BCUT2D eigenvalue weighted by Gasteiger charge is 2.10. The Morgan fingerprint density at radius 3 is 2.41 bits per heavy atom. The Labute approximate surface area is 96.2 Å². The van der Waals surface area contributed by atoms with Crippen LogP contribution >= 0.6 is 0 Å². The summed E-state index contributed by atoms with van der Waals surface area (Å²) in [7, 11) is 0. The average Bonchev–Trinajstić information content (AvgIpc) is 2.90. The van der Waals surface area contributed by atoms with E-state index in [0.717, 1.165) is 0 Å². The number of nitrogens with zero attached hydrogens (tertiary/aromatic N) is 2. The van der Waals surface area contributed by atoms with Crippen LogP contribution in [0.5, 0.6) is 0 Å². The van der Waals surface area contributed by atoms with E-state index in [9.17, 15) is 9.59 Å². The van der Waals surface area contributed by atoms with E-state index in [0.29, 0.717) is 5.56 Å². The van der Waals surface area contributed by atoms with Crippen LogP contribution in [0.3, 0.4) is 0 Å². The van der Waals surface area contributed by atoms with E-state index in [1.54, 1.807) is 30.3 Å². The first-order valence-corrected chi connectivity index (χ1v) is 4.78. The van der Waals surface area contributed by atoms with Crippen LogP contribution in [0.2, 0.25) is 0 Å². The van der Waals surface area contributed by atoms with Crippen LogP contribution in [0, 0.1) is 0 Å². The Morgan fingerprint density at radius 1 is 1.06 bits per heavy atom. The van der Waals surface area contributed by atoms with Gasteiger partial charge in [0.1, 0.15) is 6.33 Å². The first-order valence-electron chi connectivity index (χ1n) is 4.78. The molecule has 1 aromatic heterocycles. The standard InChI is InChI=1S/C10H9N5O2/c16-9(7-4-2-1-3-5-7)14-15-10(17)8-11-6-12-13-8/h1-6H,(H,14,16)(H,15,17)(H,11,12,13). The van der Waals surface area contributed by atoms with Gasteiger partial charge in [0.15, 0.2) is 0 Å². The minimum Gasteiger partial charge on any atom is -0.267 e. The molecule has 0 unspecified atom stereocenters. The quantitative estimate of drug-likeness (QED) is 0.627. The normalized spacial score (nSPS) is 9.65. The second-order valence-electron chi connectivity index (χ2n) is 3.11. The van der Waals surface area contributed by atoms with E-state index in [4.69, 9.17) is 0 Å². The van der Waals surface area contributed by atoms with Crippen LogP contribution in [0.15, 0.2) is 36.7 Å². The topological polar surface area (TPSA) is 99.8 Å². The lowest BCUT2D eigenvalue weighted by Gasteiger charge is -2.05. The number of hydrogen-bond acceptors (Lipinski definition) is 4. The van der Waals surface area contributed by atoms with Crippen LogP contribution in [0.25, 0.3) is 0 Å². The number of aromatic nitrogens is 3. The second kappa shape index (κ2) is 4.88. The molecule has 0 radical (unpaired) electrons. The van der Waals surface area contributed by atoms with Crippen LogP contribution in [0.4, 0.5) is 0 Å². The molecule has 1 heterocycles. The third-order valence-electron chi connectivity index (χ3n) is 1.96. The Kier molecular flexibility index (Phi) is 3.10. The van der Waals surface area contributed by atoms with Gasteiger partial charge in [-0.05, 0) is 12.1 Å². The second-order valence-corrected chi connectivity index (χ2v) is 3.11. The molecular weight excluding hydrogens is 222 g/mol. The van der Waals surface area contributed by atoms with E-state index in [2.05, 4.69) is 26.0 Å². The lowest BCUT2D eigenvalue weighted by Crippen LogP contribution is -2.42. The summed E-state index contributed by atoms with van der Waals surface area (Å²) in [5.41, 5.74) is 4.92. The Hall–Kier alpha value is -2.70. The molecule has 1 aromatic carbocycles. The molecule has 0 aliphatic rings. The fraction of sp³-hybridized carbons (Fsp3) is 0. The Balaban J connectivity index is 1.91. The van der Waals surface area contributed by atoms with Crippen molar-refractivity contribution < 1.29 is 9.59 Å². The molecule has 0 saturated heterocycles. The van der Waals surface area contributed by atoms with Gasteiger partial charge >= 0.3 is 5.91 Å². The van der Waals surface area contributed by atoms with Crippen LogP contribution in [-0.4, -0.2) is 27.0 Å². The van der Waals surface area contributed by atoms with E-state index in [-0.39, 0.29) is 5.82 Å². The molecule has 0 spiro atoms. The molecule has 2 amide bonds. The van der Waals surface area contributed by atoms with Crippen molar-refractivity contribution in [2.75, 3.05) is 0 Å². The van der Waals surface area contributed by atoms with Gasteiger partial charge in [-0.3, -0.25) is 25.5 Å². The Bertz CT molecular complexity index is 509. The van der Waals surface area contributed by atoms with Crippen molar-refractivity contribution >= 4 is 11.8 Å². The fourth-order valence-corrected chi connectivity index (χ4v) is 1.15. The maximum absolute atomic E-state index is 11.5. The highest BCUT2D eigenvalue weighted by atomic mass is 16.2. The molecule has 7 nitrogen and oxygen atoms in total. The first-order chi connectivity index (χ1) is 8.27. The molecular formula is C10H9N5O2. The maximum atomic E-state index is 11.5. The number of hydrazine groups is 1. The number of H-pyrrole nitrogens is 1. The fourth-order valence-electron chi connectivity index (χ4n) is 1.15. The molecule has 86 valence electrons. The smallest absolute Gasteiger partial charge is 0.267 e. The van der Waals surface area contributed by atoms with Crippen molar-refractivity contribution in [3.8, 4) is 0 Å². The zero-order valence-corrected chi connectivity index (χ0v) is 8.68. The highest BCUT2D eigenvalue weighted by molar-refractivity contribution is 5.97. The predicted octanol–water partition coefficient (Wildman–Crippen LogP) is -0.121. The molecule has 0 atom stereocenters. The average molecular weight is 231 g/mol. The molecule has 3 N–H and O–H groups in total. The summed E-state index contributed by atoms with van der Waals surface area (Å²) in [4.78, 5) is 26.6. The van der Waals surface area contributed by atoms with Gasteiger partial charge in [0.2, 0.25) is 5.82 Å². The number of carbonyl (C=O) groups is 2. The SMILES string of the molecule is O=C(NNC(=O)c1ncn[nH]1)c1ccccc1. The van der Waals surface area contributed by atoms with Crippen LogP contribution in [-0.2, 0) is 0 Å². The van der Waals surface area contributed by atoms with E-state index < -0.39 is 11.8 Å². The van der Waals surface area contributed by atoms with E-state index in [1.165, 1.54) is 6.33 Å². The van der Waals surface area contributed by atoms with Crippen molar-refractivity contribution in [3.63, 3.8) is 0 Å². The molecule has 0 aliphatic heterocycles.